The Morgan fingerprint density at radius 1 is 0.800 bits per heavy atom. The minimum absolute atomic E-state index is 0.00866. The Morgan fingerprint density at radius 2 is 1.43 bits per heavy atom. The average molecular weight is 514 g/mol. The van der Waals surface area contributed by atoms with Crippen molar-refractivity contribution in [3.63, 3.8) is 0 Å². The van der Waals surface area contributed by atoms with Gasteiger partial charge in [0.05, 0.1) is 24.0 Å². The first-order chi connectivity index (χ1) is 16.9. The second-order valence-electron chi connectivity index (χ2n) is 11.1. The summed E-state index contributed by atoms with van der Waals surface area (Å²) in [6.07, 6.45) is 13.0. The highest BCUT2D eigenvalue weighted by Gasteiger charge is 2.41. The van der Waals surface area contributed by atoms with Crippen molar-refractivity contribution in [2.45, 2.75) is 113 Å². The number of hydrogen-bond donors (Lipinski definition) is 0. The van der Waals surface area contributed by atoms with Crippen LogP contribution in [0.1, 0.15) is 83.5 Å². The number of amides is 1. The monoisotopic (exact) mass is 513 g/mol. The quantitative estimate of drug-likeness (QED) is 0.497. The molecule has 1 saturated heterocycles. The third-order valence-corrected chi connectivity index (χ3v) is 11.5. The summed E-state index contributed by atoms with van der Waals surface area (Å²) in [6, 6.07) is 0.341. The van der Waals surface area contributed by atoms with E-state index in [4.69, 9.17) is 9.47 Å². The Labute approximate surface area is 212 Å². The molecule has 202 valence electrons. The molecule has 1 aliphatic heterocycles. The predicted octanol–water partition coefficient (Wildman–Crippen LogP) is 3.01. The van der Waals surface area contributed by atoms with Gasteiger partial charge in [-0.2, -0.15) is 4.31 Å². The fourth-order valence-corrected chi connectivity index (χ4v) is 9.09. The number of carbonyl (C=O) groups excluding carboxylic acids is 1. The van der Waals surface area contributed by atoms with Crippen LogP contribution in [0.2, 0.25) is 0 Å². The van der Waals surface area contributed by atoms with Gasteiger partial charge < -0.3 is 14.4 Å². The summed E-state index contributed by atoms with van der Waals surface area (Å²) in [7, 11) is 0.0366. The summed E-state index contributed by atoms with van der Waals surface area (Å²) >= 11 is 0. The zero-order valence-corrected chi connectivity index (χ0v) is 22.7. The molecular formula is C26H47N3O5S. The molecule has 8 nitrogen and oxygen atoms in total. The molecular weight excluding hydrogens is 466 g/mol. The second kappa shape index (κ2) is 12.7. The van der Waals surface area contributed by atoms with Gasteiger partial charge in [0.25, 0.3) is 0 Å². The Balaban J connectivity index is 1.39. The fraction of sp³-hybridized carbons (Fsp3) is 0.962. The number of rotatable bonds is 8. The summed E-state index contributed by atoms with van der Waals surface area (Å²) in [6.45, 7) is 3.00. The van der Waals surface area contributed by atoms with Gasteiger partial charge in [0.15, 0.2) is 0 Å². The summed E-state index contributed by atoms with van der Waals surface area (Å²) in [5.41, 5.74) is 0. The number of nitrogens with zero attached hydrogens (tertiary/aromatic N) is 3. The highest BCUT2D eigenvalue weighted by atomic mass is 32.2. The standard InChI is InChI=1S/C26H47N3O5S/c1-33-22-14-12-21(13-15-22)29(35(31,32)23-8-4-3-5-9-23)20-26(30)28-18-16-27(17-19-28)24-10-6-7-11-25(24)34-2/h21-25H,3-20H2,1-2H3. The summed E-state index contributed by atoms with van der Waals surface area (Å²) in [5, 5.41) is -0.335. The zero-order chi connectivity index (χ0) is 24.8. The van der Waals surface area contributed by atoms with Crippen molar-refractivity contribution in [2.24, 2.45) is 0 Å². The number of piperazine rings is 1. The Kier molecular flexibility index (Phi) is 9.89. The maximum absolute atomic E-state index is 13.8. The van der Waals surface area contributed by atoms with Crippen LogP contribution in [0.3, 0.4) is 0 Å². The molecule has 0 aromatic rings. The lowest BCUT2D eigenvalue weighted by atomic mass is 9.90. The van der Waals surface area contributed by atoms with Crippen molar-refractivity contribution < 1.29 is 22.7 Å². The first-order valence-corrected chi connectivity index (χ1v) is 15.5. The first kappa shape index (κ1) is 27.3. The minimum Gasteiger partial charge on any atom is -0.381 e. The molecule has 2 atom stereocenters. The molecule has 0 aromatic heterocycles. The van der Waals surface area contributed by atoms with Crippen LogP contribution in [0.4, 0.5) is 0 Å². The average Bonchev–Trinajstić information content (AvgIpc) is 2.92. The van der Waals surface area contributed by atoms with E-state index in [9.17, 15) is 13.2 Å². The molecule has 3 saturated carbocycles. The van der Waals surface area contributed by atoms with Crippen molar-refractivity contribution in [2.75, 3.05) is 46.9 Å². The van der Waals surface area contributed by atoms with Crippen molar-refractivity contribution >= 4 is 15.9 Å². The molecule has 35 heavy (non-hydrogen) atoms. The van der Waals surface area contributed by atoms with E-state index in [1.165, 1.54) is 12.8 Å². The van der Waals surface area contributed by atoms with Gasteiger partial charge in [-0.05, 0) is 51.4 Å². The summed E-state index contributed by atoms with van der Waals surface area (Å²) < 4.78 is 40.5. The fourth-order valence-electron chi connectivity index (χ4n) is 6.86. The van der Waals surface area contributed by atoms with Crippen molar-refractivity contribution in [3.8, 4) is 0 Å². The summed E-state index contributed by atoms with van der Waals surface area (Å²) in [4.78, 5) is 17.8. The maximum Gasteiger partial charge on any atom is 0.237 e. The Morgan fingerprint density at radius 3 is 2.06 bits per heavy atom. The van der Waals surface area contributed by atoms with Crippen LogP contribution in [-0.4, -0.2) is 105 Å². The van der Waals surface area contributed by atoms with E-state index in [0.717, 1.165) is 83.7 Å². The van der Waals surface area contributed by atoms with Crippen molar-refractivity contribution in [3.05, 3.63) is 0 Å². The largest absolute Gasteiger partial charge is 0.381 e. The SMILES string of the molecule is COC1CCC(N(CC(=O)N2CCN(C3CCCCC3OC)CC2)S(=O)(=O)C2CCCCC2)CC1. The Bertz CT molecular complexity index is 772. The van der Waals surface area contributed by atoms with Gasteiger partial charge >= 0.3 is 0 Å². The van der Waals surface area contributed by atoms with Gasteiger partial charge in [-0.1, -0.05) is 32.1 Å². The lowest BCUT2D eigenvalue weighted by Crippen LogP contribution is -2.58. The highest BCUT2D eigenvalue weighted by molar-refractivity contribution is 7.89. The number of hydrogen-bond acceptors (Lipinski definition) is 6. The van der Waals surface area contributed by atoms with Gasteiger partial charge in [0.1, 0.15) is 0 Å². The highest BCUT2D eigenvalue weighted by Crippen LogP contribution is 2.32. The molecule has 3 aliphatic carbocycles. The summed E-state index contributed by atoms with van der Waals surface area (Å²) in [5.74, 6) is -0.0372. The van der Waals surface area contributed by atoms with Gasteiger partial charge in [-0.15, -0.1) is 0 Å². The normalized spacial score (nSPS) is 32.1. The number of carbonyl (C=O) groups is 1. The molecule has 0 aromatic carbocycles. The molecule has 4 aliphatic rings. The number of ether oxygens (including phenoxy) is 2. The molecule has 9 heteroatoms. The van der Waals surface area contributed by atoms with Crippen LogP contribution < -0.4 is 0 Å². The second-order valence-corrected chi connectivity index (χ2v) is 13.2. The first-order valence-electron chi connectivity index (χ1n) is 14.0. The molecule has 4 rings (SSSR count). The smallest absolute Gasteiger partial charge is 0.237 e. The number of sulfonamides is 1. The van der Waals surface area contributed by atoms with Crippen LogP contribution in [0.5, 0.6) is 0 Å². The van der Waals surface area contributed by atoms with Gasteiger partial charge in [-0.3, -0.25) is 9.69 Å². The third-order valence-electron chi connectivity index (χ3n) is 9.08. The maximum atomic E-state index is 13.8. The predicted molar refractivity (Wildman–Crippen MR) is 137 cm³/mol. The van der Waals surface area contributed by atoms with E-state index in [-0.39, 0.29) is 36.0 Å². The number of methoxy groups -OCH3 is 2. The van der Waals surface area contributed by atoms with E-state index in [1.807, 2.05) is 12.0 Å². The van der Waals surface area contributed by atoms with Gasteiger partial charge in [-0.25, -0.2) is 8.42 Å². The van der Waals surface area contributed by atoms with E-state index < -0.39 is 10.0 Å². The van der Waals surface area contributed by atoms with Crippen LogP contribution >= 0.6 is 0 Å². The zero-order valence-electron chi connectivity index (χ0n) is 21.9. The molecule has 0 radical (unpaired) electrons. The van der Waals surface area contributed by atoms with E-state index in [2.05, 4.69) is 4.90 Å². The molecule has 0 bridgehead atoms. The molecule has 1 heterocycles. The molecule has 1 amide bonds. The van der Waals surface area contributed by atoms with Crippen molar-refractivity contribution in [1.29, 1.82) is 0 Å². The molecule has 0 spiro atoms. The third kappa shape index (κ3) is 6.58. The van der Waals surface area contributed by atoms with Gasteiger partial charge in [0, 0.05) is 52.5 Å². The minimum atomic E-state index is -3.50. The van der Waals surface area contributed by atoms with Crippen molar-refractivity contribution in [1.82, 2.24) is 14.1 Å². The van der Waals surface area contributed by atoms with Crippen LogP contribution in [-0.2, 0) is 24.3 Å². The van der Waals surface area contributed by atoms with E-state index in [0.29, 0.717) is 19.1 Å². The van der Waals surface area contributed by atoms with Crippen LogP contribution in [0.15, 0.2) is 0 Å². The lowest BCUT2D eigenvalue weighted by Gasteiger charge is -2.44. The van der Waals surface area contributed by atoms with Crippen LogP contribution in [0.25, 0.3) is 0 Å². The van der Waals surface area contributed by atoms with E-state index in [1.54, 1.807) is 11.4 Å². The van der Waals surface area contributed by atoms with Crippen LogP contribution in [0, 0.1) is 0 Å². The topological polar surface area (TPSA) is 79.4 Å². The Hall–Kier alpha value is -0.740. The molecule has 2 unspecified atom stereocenters. The van der Waals surface area contributed by atoms with E-state index >= 15 is 0 Å². The molecule has 4 fully saturated rings. The van der Waals surface area contributed by atoms with Gasteiger partial charge in [0.2, 0.25) is 15.9 Å². The lowest BCUT2D eigenvalue weighted by molar-refractivity contribution is -0.134. The molecule has 0 N–H and O–H groups in total.